The van der Waals surface area contributed by atoms with Gasteiger partial charge < -0.3 is 14.6 Å². The molecule has 3 heteroatoms. The van der Waals surface area contributed by atoms with E-state index in [4.69, 9.17) is 14.6 Å². The minimum Gasteiger partial charge on any atom is -0.385 e. The number of aliphatic hydroxyl groups excluding tert-OH is 1. The van der Waals surface area contributed by atoms with Crippen LogP contribution in [0.4, 0.5) is 0 Å². The van der Waals surface area contributed by atoms with Gasteiger partial charge in [0.05, 0.1) is 6.10 Å². The van der Waals surface area contributed by atoms with Crippen molar-refractivity contribution in [2.45, 2.75) is 19.4 Å². The fraction of sp³-hybridized carbons (Fsp3) is 1.00. The summed E-state index contributed by atoms with van der Waals surface area (Å²) in [6, 6.07) is 0. The molecule has 0 amide bonds. The number of aliphatic hydroxyl groups is 1. The number of rotatable bonds is 5. The van der Waals surface area contributed by atoms with Gasteiger partial charge in [-0.15, -0.1) is 0 Å². The van der Waals surface area contributed by atoms with Crippen molar-refractivity contribution < 1.29 is 14.6 Å². The van der Waals surface area contributed by atoms with Gasteiger partial charge in [0.2, 0.25) is 0 Å². The van der Waals surface area contributed by atoms with Crippen molar-refractivity contribution in [1.82, 2.24) is 0 Å². The van der Waals surface area contributed by atoms with Crippen LogP contribution >= 0.6 is 0 Å². The molecule has 0 bridgehead atoms. The van der Waals surface area contributed by atoms with E-state index < -0.39 is 0 Å². The summed E-state index contributed by atoms with van der Waals surface area (Å²) >= 11 is 0. The van der Waals surface area contributed by atoms with Crippen molar-refractivity contribution in [3.63, 3.8) is 0 Å². The third-order valence-corrected chi connectivity index (χ3v) is 1.09. The highest BCUT2D eigenvalue weighted by atomic mass is 16.6. The molecule has 0 rings (SSSR count). The summed E-state index contributed by atoms with van der Waals surface area (Å²) in [4.78, 5) is 0. The molecule has 0 saturated heterocycles. The van der Waals surface area contributed by atoms with Crippen LogP contribution in [0.5, 0.6) is 0 Å². The molecule has 0 aliphatic heterocycles. The topological polar surface area (TPSA) is 38.7 Å². The maximum absolute atomic E-state index is 8.27. The second-order valence-corrected chi connectivity index (χ2v) is 1.89. The standard InChI is InChI=1S/C6H14O3/c1-6(9-5-7)3-4-8-2/h6-7H,3-5H2,1-2H3. The van der Waals surface area contributed by atoms with Gasteiger partial charge >= 0.3 is 0 Å². The Kier molecular flexibility index (Phi) is 5.93. The average molecular weight is 134 g/mol. The van der Waals surface area contributed by atoms with E-state index in [0.717, 1.165) is 6.42 Å². The molecule has 0 spiro atoms. The molecule has 0 aromatic carbocycles. The molecule has 1 unspecified atom stereocenters. The van der Waals surface area contributed by atoms with Crippen LogP contribution in [-0.2, 0) is 9.47 Å². The van der Waals surface area contributed by atoms with Crippen molar-refractivity contribution in [3.05, 3.63) is 0 Å². The van der Waals surface area contributed by atoms with Crippen LogP contribution in [-0.4, -0.2) is 31.7 Å². The number of methoxy groups -OCH3 is 1. The summed E-state index contributed by atoms with van der Waals surface area (Å²) < 4.78 is 9.62. The van der Waals surface area contributed by atoms with E-state index in [9.17, 15) is 0 Å². The largest absolute Gasteiger partial charge is 0.385 e. The van der Waals surface area contributed by atoms with E-state index in [-0.39, 0.29) is 12.9 Å². The maximum atomic E-state index is 8.27. The Morgan fingerprint density at radius 1 is 1.56 bits per heavy atom. The fourth-order valence-electron chi connectivity index (χ4n) is 0.494. The Hall–Kier alpha value is -0.120. The highest BCUT2D eigenvalue weighted by Crippen LogP contribution is 1.95. The van der Waals surface area contributed by atoms with E-state index in [2.05, 4.69) is 0 Å². The molecule has 0 aromatic rings. The molecule has 3 nitrogen and oxygen atoms in total. The fourth-order valence-corrected chi connectivity index (χ4v) is 0.494. The Labute approximate surface area is 55.6 Å². The van der Waals surface area contributed by atoms with Crippen molar-refractivity contribution in [2.75, 3.05) is 20.5 Å². The van der Waals surface area contributed by atoms with E-state index in [1.54, 1.807) is 7.11 Å². The molecule has 0 saturated carbocycles. The van der Waals surface area contributed by atoms with E-state index in [1.807, 2.05) is 6.92 Å². The maximum Gasteiger partial charge on any atom is 0.143 e. The molecule has 0 fully saturated rings. The summed E-state index contributed by atoms with van der Waals surface area (Å²) in [6.45, 7) is 2.38. The van der Waals surface area contributed by atoms with Crippen LogP contribution in [0, 0.1) is 0 Å². The SMILES string of the molecule is COCCC(C)OCO. The molecule has 0 aromatic heterocycles. The highest BCUT2D eigenvalue weighted by molar-refractivity contribution is 4.45. The zero-order chi connectivity index (χ0) is 7.11. The van der Waals surface area contributed by atoms with Crippen LogP contribution in [0.15, 0.2) is 0 Å². The zero-order valence-electron chi connectivity index (χ0n) is 5.96. The predicted octanol–water partition coefficient (Wildman–Crippen LogP) is 0.378. The molecule has 0 aliphatic carbocycles. The third kappa shape index (κ3) is 5.76. The lowest BCUT2D eigenvalue weighted by molar-refractivity contribution is -0.0511. The van der Waals surface area contributed by atoms with E-state index in [0.29, 0.717) is 6.61 Å². The van der Waals surface area contributed by atoms with Gasteiger partial charge in [-0.2, -0.15) is 0 Å². The van der Waals surface area contributed by atoms with Crippen molar-refractivity contribution in [2.24, 2.45) is 0 Å². The van der Waals surface area contributed by atoms with Gasteiger partial charge in [-0.05, 0) is 13.3 Å². The minimum atomic E-state index is -0.203. The lowest BCUT2D eigenvalue weighted by Gasteiger charge is -2.08. The number of ether oxygens (including phenoxy) is 2. The van der Waals surface area contributed by atoms with Crippen molar-refractivity contribution in [3.8, 4) is 0 Å². The van der Waals surface area contributed by atoms with Gasteiger partial charge in [0, 0.05) is 13.7 Å². The van der Waals surface area contributed by atoms with Gasteiger partial charge in [0.15, 0.2) is 0 Å². The third-order valence-electron chi connectivity index (χ3n) is 1.09. The molecule has 56 valence electrons. The highest BCUT2D eigenvalue weighted by Gasteiger charge is 1.98. The molecule has 0 radical (unpaired) electrons. The van der Waals surface area contributed by atoms with E-state index in [1.165, 1.54) is 0 Å². The number of hydrogen-bond donors (Lipinski definition) is 1. The average Bonchev–Trinajstić information content (AvgIpc) is 1.85. The molecule has 0 aliphatic rings. The first kappa shape index (κ1) is 8.88. The summed E-state index contributed by atoms with van der Waals surface area (Å²) in [5, 5.41) is 8.27. The minimum absolute atomic E-state index is 0.0925. The first-order valence-corrected chi connectivity index (χ1v) is 3.02. The Balaban J connectivity index is 2.95. The van der Waals surface area contributed by atoms with Gasteiger partial charge in [0.25, 0.3) is 0 Å². The van der Waals surface area contributed by atoms with Crippen LogP contribution < -0.4 is 0 Å². The molecular formula is C6H14O3. The van der Waals surface area contributed by atoms with Gasteiger partial charge in [-0.25, -0.2) is 0 Å². The quantitative estimate of drug-likeness (QED) is 0.552. The normalized spacial score (nSPS) is 13.7. The smallest absolute Gasteiger partial charge is 0.143 e. The summed E-state index contributed by atoms with van der Waals surface area (Å²) in [6.07, 6.45) is 0.923. The molecule has 9 heavy (non-hydrogen) atoms. The van der Waals surface area contributed by atoms with Gasteiger partial charge in [-0.1, -0.05) is 0 Å². The first-order chi connectivity index (χ1) is 4.31. The summed E-state index contributed by atoms with van der Waals surface area (Å²) in [5.41, 5.74) is 0. The second kappa shape index (κ2) is 6.01. The van der Waals surface area contributed by atoms with E-state index >= 15 is 0 Å². The molecular weight excluding hydrogens is 120 g/mol. The van der Waals surface area contributed by atoms with Crippen LogP contribution in [0.1, 0.15) is 13.3 Å². The Morgan fingerprint density at radius 2 is 2.22 bits per heavy atom. The van der Waals surface area contributed by atoms with Crippen LogP contribution in [0.25, 0.3) is 0 Å². The summed E-state index contributed by atoms with van der Waals surface area (Å²) in [7, 11) is 1.64. The Bertz CT molecular complexity index is 56.3. The van der Waals surface area contributed by atoms with Gasteiger partial charge in [0.1, 0.15) is 6.79 Å². The zero-order valence-corrected chi connectivity index (χ0v) is 5.96. The lowest BCUT2D eigenvalue weighted by atomic mass is 10.3. The molecule has 0 heterocycles. The molecule has 1 atom stereocenters. The predicted molar refractivity (Wildman–Crippen MR) is 34.1 cm³/mol. The Morgan fingerprint density at radius 3 is 2.67 bits per heavy atom. The second-order valence-electron chi connectivity index (χ2n) is 1.89. The summed E-state index contributed by atoms with van der Waals surface area (Å²) in [5.74, 6) is 0. The van der Waals surface area contributed by atoms with Crippen LogP contribution in [0.3, 0.4) is 0 Å². The van der Waals surface area contributed by atoms with Crippen LogP contribution in [0.2, 0.25) is 0 Å². The monoisotopic (exact) mass is 134 g/mol. The van der Waals surface area contributed by atoms with Crippen molar-refractivity contribution >= 4 is 0 Å². The first-order valence-electron chi connectivity index (χ1n) is 3.02. The molecule has 1 N–H and O–H groups in total. The van der Waals surface area contributed by atoms with Crippen molar-refractivity contribution in [1.29, 1.82) is 0 Å². The number of hydrogen-bond acceptors (Lipinski definition) is 3. The van der Waals surface area contributed by atoms with Gasteiger partial charge in [-0.3, -0.25) is 0 Å². The lowest BCUT2D eigenvalue weighted by Crippen LogP contribution is -2.11.